The van der Waals surface area contributed by atoms with E-state index in [2.05, 4.69) is 9.97 Å². The Morgan fingerprint density at radius 2 is 2.12 bits per heavy atom. The van der Waals surface area contributed by atoms with Crippen LogP contribution >= 0.6 is 11.3 Å². The normalized spacial score (nSPS) is 13.2. The lowest BCUT2D eigenvalue weighted by atomic mass is 10.1. The molecule has 0 bridgehead atoms. The predicted molar refractivity (Wildman–Crippen MR) is 99.9 cm³/mol. The van der Waals surface area contributed by atoms with Crippen molar-refractivity contribution in [1.82, 2.24) is 9.97 Å². The van der Waals surface area contributed by atoms with Gasteiger partial charge in [0, 0.05) is 9.75 Å². The summed E-state index contributed by atoms with van der Waals surface area (Å²) in [5.74, 6) is -0.644. The number of nitriles is 1. The Hall–Kier alpha value is -3.11. The van der Waals surface area contributed by atoms with E-state index in [-0.39, 0.29) is 17.2 Å². The van der Waals surface area contributed by atoms with Crippen LogP contribution in [0, 0.1) is 25.2 Å². The second kappa shape index (κ2) is 7.02. The Kier molecular flexibility index (Phi) is 4.78. The van der Waals surface area contributed by atoms with Crippen molar-refractivity contribution in [3.05, 3.63) is 57.2 Å². The SMILES string of the molecule is Cc1cc(C(=O)O[C@@H](C)/C(O)=C(\C#N)c2nc3ccccc3[nH]2)c(C)s1. The number of para-hydroxylation sites is 2. The fourth-order valence-corrected chi connectivity index (χ4v) is 3.53. The maximum atomic E-state index is 12.3. The van der Waals surface area contributed by atoms with Crippen LogP contribution in [0.3, 0.4) is 0 Å². The standard InChI is InChI=1S/C19H17N3O3S/c1-10-8-13(12(3)26-10)19(24)25-11(2)17(23)14(9-20)18-21-15-6-4-5-7-16(15)22-18/h4-8,11,23H,1-3H3,(H,21,22)/b17-14-/t11-/m0/s1. The molecule has 1 atom stereocenters. The number of esters is 1. The molecule has 0 amide bonds. The quantitative estimate of drug-likeness (QED) is 0.407. The fraction of sp³-hybridized carbons (Fsp3) is 0.211. The van der Waals surface area contributed by atoms with Crippen LogP contribution in [-0.2, 0) is 4.74 Å². The number of aromatic nitrogens is 2. The molecule has 2 N–H and O–H groups in total. The fourth-order valence-electron chi connectivity index (χ4n) is 2.62. The Morgan fingerprint density at radius 1 is 1.38 bits per heavy atom. The summed E-state index contributed by atoms with van der Waals surface area (Å²) in [4.78, 5) is 21.5. The molecule has 3 aromatic rings. The molecule has 7 heteroatoms. The van der Waals surface area contributed by atoms with Gasteiger partial charge in [0.25, 0.3) is 0 Å². The third kappa shape index (κ3) is 3.32. The van der Waals surface area contributed by atoms with Gasteiger partial charge in [-0.3, -0.25) is 0 Å². The Labute approximate surface area is 154 Å². The number of aromatic amines is 1. The number of aliphatic hydroxyl groups excluding tert-OH is 1. The molecule has 0 aliphatic heterocycles. The summed E-state index contributed by atoms with van der Waals surface area (Å²) >= 11 is 1.50. The molecule has 0 unspecified atom stereocenters. The zero-order chi connectivity index (χ0) is 18.8. The summed E-state index contributed by atoms with van der Waals surface area (Å²) in [6.07, 6.45) is -0.982. The van der Waals surface area contributed by atoms with Crippen molar-refractivity contribution in [3.63, 3.8) is 0 Å². The predicted octanol–water partition coefficient (Wildman–Crippen LogP) is 4.28. The highest BCUT2D eigenvalue weighted by atomic mass is 32.1. The topological polar surface area (TPSA) is 99.0 Å². The van der Waals surface area contributed by atoms with Crippen LogP contribution in [0.1, 0.15) is 32.9 Å². The molecule has 0 aliphatic carbocycles. The largest absolute Gasteiger partial charge is 0.507 e. The smallest absolute Gasteiger partial charge is 0.339 e. The van der Waals surface area contributed by atoms with Crippen LogP contribution in [0.4, 0.5) is 0 Å². The highest BCUT2D eigenvalue weighted by Gasteiger charge is 2.23. The van der Waals surface area contributed by atoms with E-state index in [4.69, 9.17) is 4.74 Å². The molecular formula is C19H17N3O3S. The number of fused-ring (bicyclic) bond motifs is 1. The number of nitrogens with zero attached hydrogens (tertiary/aromatic N) is 2. The molecule has 2 heterocycles. The first-order valence-corrected chi connectivity index (χ1v) is 8.78. The second-order valence-corrected chi connectivity index (χ2v) is 7.31. The lowest BCUT2D eigenvalue weighted by Gasteiger charge is -2.13. The van der Waals surface area contributed by atoms with Gasteiger partial charge >= 0.3 is 5.97 Å². The average Bonchev–Trinajstić information content (AvgIpc) is 3.17. The molecule has 0 spiro atoms. The number of thiophene rings is 1. The number of aryl methyl sites for hydroxylation is 2. The molecule has 6 nitrogen and oxygen atoms in total. The van der Waals surface area contributed by atoms with Gasteiger partial charge in [0.2, 0.25) is 0 Å². The summed E-state index contributed by atoms with van der Waals surface area (Å²) in [6, 6.07) is 11.0. The van der Waals surface area contributed by atoms with Gasteiger partial charge < -0.3 is 14.8 Å². The lowest BCUT2D eigenvalue weighted by Crippen LogP contribution is -2.18. The van der Waals surface area contributed by atoms with Crippen molar-refractivity contribution in [2.45, 2.75) is 26.9 Å². The van der Waals surface area contributed by atoms with E-state index in [1.54, 1.807) is 12.1 Å². The molecule has 1 aromatic carbocycles. The number of hydrogen-bond donors (Lipinski definition) is 2. The molecule has 132 valence electrons. The van der Waals surface area contributed by atoms with Gasteiger partial charge in [-0.2, -0.15) is 5.26 Å². The lowest BCUT2D eigenvalue weighted by molar-refractivity contribution is 0.0334. The number of imidazole rings is 1. The number of carbonyl (C=O) groups is 1. The monoisotopic (exact) mass is 367 g/mol. The molecule has 2 aromatic heterocycles. The van der Waals surface area contributed by atoms with Crippen LogP contribution in [0.5, 0.6) is 0 Å². The first kappa shape index (κ1) is 17.7. The molecule has 26 heavy (non-hydrogen) atoms. The molecule has 0 aliphatic rings. The zero-order valence-electron chi connectivity index (χ0n) is 14.5. The zero-order valence-corrected chi connectivity index (χ0v) is 15.3. The number of rotatable bonds is 4. The minimum Gasteiger partial charge on any atom is -0.507 e. The van der Waals surface area contributed by atoms with E-state index < -0.39 is 12.1 Å². The third-order valence-corrected chi connectivity index (χ3v) is 4.89. The van der Waals surface area contributed by atoms with Gasteiger partial charge in [0.05, 0.1) is 16.6 Å². The van der Waals surface area contributed by atoms with Crippen molar-refractivity contribution in [3.8, 4) is 6.07 Å². The van der Waals surface area contributed by atoms with Crippen molar-refractivity contribution < 1.29 is 14.6 Å². The molecule has 0 radical (unpaired) electrons. The van der Waals surface area contributed by atoms with E-state index in [9.17, 15) is 15.2 Å². The highest BCUT2D eigenvalue weighted by Crippen LogP contribution is 2.24. The molecule has 3 rings (SSSR count). The van der Waals surface area contributed by atoms with Crippen LogP contribution < -0.4 is 0 Å². The van der Waals surface area contributed by atoms with Gasteiger partial charge in [-0.15, -0.1) is 11.3 Å². The van der Waals surface area contributed by atoms with E-state index in [1.807, 2.05) is 38.1 Å². The van der Waals surface area contributed by atoms with E-state index in [0.717, 1.165) is 15.3 Å². The van der Waals surface area contributed by atoms with Gasteiger partial charge in [0.15, 0.2) is 17.7 Å². The van der Waals surface area contributed by atoms with Crippen LogP contribution in [0.25, 0.3) is 16.6 Å². The summed E-state index contributed by atoms with van der Waals surface area (Å²) in [6.45, 7) is 5.26. The van der Waals surface area contributed by atoms with E-state index in [1.165, 1.54) is 18.3 Å². The summed E-state index contributed by atoms with van der Waals surface area (Å²) in [7, 11) is 0. The van der Waals surface area contributed by atoms with Crippen LogP contribution in [0.2, 0.25) is 0 Å². The van der Waals surface area contributed by atoms with E-state index in [0.29, 0.717) is 11.1 Å². The van der Waals surface area contributed by atoms with Crippen molar-refractivity contribution in [2.75, 3.05) is 0 Å². The minimum absolute atomic E-state index is 0.0558. The summed E-state index contributed by atoms with van der Waals surface area (Å²) in [5, 5.41) is 19.9. The highest BCUT2D eigenvalue weighted by molar-refractivity contribution is 7.12. The number of nitrogens with one attached hydrogen (secondary N) is 1. The Balaban J connectivity index is 1.88. The number of allylic oxidation sites excluding steroid dienone is 1. The molecule has 0 saturated heterocycles. The van der Waals surface area contributed by atoms with Gasteiger partial charge in [-0.05, 0) is 39.0 Å². The Morgan fingerprint density at radius 3 is 2.73 bits per heavy atom. The average molecular weight is 367 g/mol. The molecule has 0 fully saturated rings. The maximum absolute atomic E-state index is 12.3. The van der Waals surface area contributed by atoms with E-state index >= 15 is 0 Å². The number of H-pyrrole nitrogens is 1. The Bertz CT molecular complexity index is 1020. The number of aliphatic hydroxyl groups is 1. The number of carbonyl (C=O) groups excluding carboxylic acids is 1. The van der Waals surface area contributed by atoms with Crippen molar-refractivity contribution >= 4 is 33.9 Å². The van der Waals surface area contributed by atoms with Crippen molar-refractivity contribution in [1.29, 1.82) is 5.26 Å². The number of hydrogen-bond acceptors (Lipinski definition) is 6. The maximum Gasteiger partial charge on any atom is 0.339 e. The first-order valence-electron chi connectivity index (χ1n) is 7.97. The first-order chi connectivity index (χ1) is 12.4. The van der Waals surface area contributed by atoms with Crippen molar-refractivity contribution in [2.24, 2.45) is 0 Å². The van der Waals surface area contributed by atoms with Gasteiger partial charge in [-0.25, -0.2) is 9.78 Å². The van der Waals surface area contributed by atoms with Gasteiger partial charge in [0.1, 0.15) is 11.6 Å². The number of ether oxygens (including phenoxy) is 1. The molecular weight excluding hydrogens is 350 g/mol. The number of benzene rings is 1. The third-order valence-electron chi connectivity index (χ3n) is 3.92. The van der Waals surface area contributed by atoms with Gasteiger partial charge in [-0.1, -0.05) is 12.1 Å². The van der Waals surface area contributed by atoms with Crippen LogP contribution in [0.15, 0.2) is 36.1 Å². The second-order valence-electron chi connectivity index (χ2n) is 5.85. The summed E-state index contributed by atoms with van der Waals surface area (Å²) < 4.78 is 5.34. The summed E-state index contributed by atoms with van der Waals surface area (Å²) in [5.41, 5.74) is 1.84. The minimum atomic E-state index is -0.982. The molecule has 0 saturated carbocycles. The van der Waals surface area contributed by atoms with Crippen LogP contribution in [-0.4, -0.2) is 27.1 Å².